The summed E-state index contributed by atoms with van der Waals surface area (Å²) in [5, 5.41) is 6.01. The third-order valence-electron chi connectivity index (χ3n) is 5.57. The smallest absolute Gasteiger partial charge is 0.258 e. The molecule has 0 saturated carbocycles. The number of hydrogen-bond acceptors (Lipinski definition) is 6. The van der Waals surface area contributed by atoms with Crippen LogP contribution in [-0.4, -0.2) is 65.4 Å². The molecule has 0 unspecified atom stereocenters. The van der Waals surface area contributed by atoms with Gasteiger partial charge in [0.25, 0.3) is 11.8 Å². The minimum absolute atomic E-state index is 0.144. The van der Waals surface area contributed by atoms with Gasteiger partial charge in [-0.1, -0.05) is 41.9 Å². The Kier molecular flexibility index (Phi) is 8.12. The number of aromatic nitrogens is 2. The number of nitrogens with one attached hydrogen (secondary N) is 2. The molecule has 1 aliphatic rings. The van der Waals surface area contributed by atoms with Crippen LogP contribution in [0.2, 0.25) is 5.02 Å². The quantitative estimate of drug-likeness (QED) is 0.551. The zero-order valence-corrected chi connectivity index (χ0v) is 20.5. The lowest BCUT2D eigenvalue weighted by Crippen LogP contribution is -2.43. The van der Waals surface area contributed by atoms with Crippen molar-refractivity contribution in [3.05, 3.63) is 76.7 Å². The third kappa shape index (κ3) is 6.17. The fraction of sp³-hybridized carbons (Fsp3) is 0.269. The molecule has 0 saturated heterocycles. The first kappa shape index (κ1) is 25.1. The number of amides is 3. The van der Waals surface area contributed by atoms with Crippen LogP contribution in [0.25, 0.3) is 11.3 Å². The summed E-state index contributed by atoms with van der Waals surface area (Å²) in [6.45, 7) is 2.48. The van der Waals surface area contributed by atoms with Crippen molar-refractivity contribution in [2.24, 2.45) is 0 Å². The Morgan fingerprint density at radius 3 is 2.69 bits per heavy atom. The van der Waals surface area contributed by atoms with Crippen LogP contribution in [0.1, 0.15) is 33.0 Å². The molecular formula is C26H26ClN5O4. The van der Waals surface area contributed by atoms with Gasteiger partial charge in [-0.25, -0.2) is 9.97 Å². The molecule has 0 atom stereocenters. The summed E-state index contributed by atoms with van der Waals surface area (Å²) in [5.41, 5.74) is 1.89. The predicted octanol–water partition coefficient (Wildman–Crippen LogP) is 2.88. The molecule has 4 rings (SSSR count). The van der Waals surface area contributed by atoms with E-state index in [1.807, 2.05) is 30.3 Å². The number of halogens is 1. The number of benzene rings is 2. The van der Waals surface area contributed by atoms with Crippen molar-refractivity contribution in [1.29, 1.82) is 0 Å². The molecule has 1 aromatic heterocycles. The van der Waals surface area contributed by atoms with E-state index in [0.717, 1.165) is 5.56 Å². The Labute approximate surface area is 213 Å². The number of rotatable bonds is 2. The lowest BCUT2D eigenvalue weighted by molar-refractivity contribution is -0.121. The van der Waals surface area contributed by atoms with E-state index < -0.39 is 0 Å². The number of aryl methyl sites for hydroxylation is 1. The SMILES string of the molecule is Cc1ncc(C(=O)N2CCCNC(=O)c3cc(Cl)ccc3OCCNC(=O)C2)c(-c2ccccc2)n1. The van der Waals surface area contributed by atoms with Gasteiger partial charge in [0.05, 0.1) is 29.9 Å². The summed E-state index contributed by atoms with van der Waals surface area (Å²) in [4.78, 5) is 49.2. The summed E-state index contributed by atoms with van der Waals surface area (Å²) in [5.74, 6) is -0.0979. The van der Waals surface area contributed by atoms with E-state index in [1.54, 1.807) is 19.1 Å². The van der Waals surface area contributed by atoms with Crippen molar-refractivity contribution in [1.82, 2.24) is 25.5 Å². The summed E-state index contributed by atoms with van der Waals surface area (Å²) in [6.07, 6.45) is 1.92. The molecule has 0 radical (unpaired) electrons. The van der Waals surface area contributed by atoms with Crippen LogP contribution in [-0.2, 0) is 4.79 Å². The van der Waals surface area contributed by atoms with Crippen LogP contribution in [0.4, 0.5) is 0 Å². The molecule has 0 spiro atoms. The Bertz CT molecular complexity index is 1270. The molecule has 2 N–H and O–H groups in total. The average Bonchev–Trinajstić information content (AvgIpc) is 2.88. The predicted molar refractivity (Wildman–Crippen MR) is 135 cm³/mol. The van der Waals surface area contributed by atoms with E-state index >= 15 is 0 Å². The van der Waals surface area contributed by atoms with Gasteiger partial charge in [-0.05, 0) is 31.5 Å². The molecule has 1 aliphatic heterocycles. The van der Waals surface area contributed by atoms with Gasteiger partial charge in [-0.3, -0.25) is 14.4 Å². The first-order valence-electron chi connectivity index (χ1n) is 11.6. The second kappa shape index (κ2) is 11.6. The van der Waals surface area contributed by atoms with Crippen LogP contribution in [0.5, 0.6) is 5.75 Å². The molecule has 0 aliphatic carbocycles. The monoisotopic (exact) mass is 507 g/mol. The molecule has 10 heteroatoms. The first-order valence-corrected chi connectivity index (χ1v) is 12.0. The highest BCUT2D eigenvalue weighted by atomic mass is 35.5. The van der Waals surface area contributed by atoms with E-state index in [9.17, 15) is 14.4 Å². The van der Waals surface area contributed by atoms with Crippen molar-refractivity contribution in [3.63, 3.8) is 0 Å². The number of nitrogens with zero attached hydrogens (tertiary/aromatic N) is 3. The van der Waals surface area contributed by atoms with Gasteiger partial charge < -0.3 is 20.3 Å². The fourth-order valence-corrected chi connectivity index (χ4v) is 3.99. The lowest BCUT2D eigenvalue weighted by atomic mass is 10.1. The van der Waals surface area contributed by atoms with Gasteiger partial charge in [0.2, 0.25) is 5.91 Å². The van der Waals surface area contributed by atoms with Crippen molar-refractivity contribution in [2.75, 3.05) is 32.8 Å². The molecular weight excluding hydrogens is 482 g/mol. The normalized spacial score (nSPS) is 15.1. The Morgan fingerprint density at radius 2 is 1.89 bits per heavy atom. The zero-order chi connectivity index (χ0) is 25.5. The standard InChI is InChI=1S/C26H26ClN5O4/c1-17-30-15-21(24(31-17)18-6-3-2-4-7-18)26(35)32-12-5-10-29-25(34)20-14-19(27)8-9-22(20)36-13-11-28-23(33)16-32/h2-4,6-9,14-15H,5,10-13,16H2,1H3,(H,28,33)(H,29,34). The largest absolute Gasteiger partial charge is 0.491 e. The number of hydrogen-bond donors (Lipinski definition) is 2. The van der Waals surface area contributed by atoms with Crippen LogP contribution < -0.4 is 15.4 Å². The highest BCUT2D eigenvalue weighted by molar-refractivity contribution is 6.31. The van der Waals surface area contributed by atoms with Crippen LogP contribution in [0.15, 0.2) is 54.7 Å². The second-order valence-corrected chi connectivity index (χ2v) is 8.66. The summed E-state index contributed by atoms with van der Waals surface area (Å²) < 4.78 is 5.69. The van der Waals surface area contributed by atoms with E-state index in [-0.39, 0.29) is 50.5 Å². The van der Waals surface area contributed by atoms with Gasteiger partial charge in [0.15, 0.2) is 0 Å². The average molecular weight is 508 g/mol. The van der Waals surface area contributed by atoms with Crippen molar-refractivity contribution in [2.45, 2.75) is 13.3 Å². The highest BCUT2D eigenvalue weighted by Crippen LogP contribution is 2.24. The molecule has 9 nitrogen and oxygen atoms in total. The molecule has 0 bridgehead atoms. The third-order valence-corrected chi connectivity index (χ3v) is 5.80. The van der Waals surface area contributed by atoms with Gasteiger partial charge in [-0.2, -0.15) is 0 Å². The zero-order valence-electron chi connectivity index (χ0n) is 19.8. The summed E-state index contributed by atoms with van der Waals surface area (Å²) in [6, 6.07) is 14.2. The van der Waals surface area contributed by atoms with Crippen molar-refractivity contribution < 1.29 is 19.1 Å². The van der Waals surface area contributed by atoms with E-state index in [4.69, 9.17) is 16.3 Å². The van der Waals surface area contributed by atoms with Crippen LogP contribution in [0, 0.1) is 6.92 Å². The van der Waals surface area contributed by atoms with E-state index in [0.29, 0.717) is 39.8 Å². The molecule has 0 fully saturated rings. The van der Waals surface area contributed by atoms with Gasteiger partial charge >= 0.3 is 0 Å². The molecule has 186 valence electrons. The number of carbonyl (C=O) groups excluding carboxylic acids is 3. The van der Waals surface area contributed by atoms with Crippen LogP contribution in [0.3, 0.4) is 0 Å². The van der Waals surface area contributed by atoms with Gasteiger partial charge in [-0.15, -0.1) is 0 Å². The van der Waals surface area contributed by atoms with Gasteiger partial charge in [0, 0.05) is 29.9 Å². The maximum atomic E-state index is 13.6. The number of ether oxygens (including phenoxy) is 1. The van der Waals surface area contributed by atoms with Crippen LogP contribution >= 0.6 is 11.6 Å². The first-order chi connectivity index (χ1) is 17.4. The minimum Gasteiger partial charge on any atom is -0.491 e. The maximum Gasteiger partial charge on any atom is 0.258 e. The van der Waals surface area contributed by atoms with Crippen molar-refractivity contribution >= 4 is 29.3 Å². The fourth-order valence-electron chi connectivity index (χ4n) is 3.82. The summed E-state index contributed by atoms with van der Waals surface area (Å²) >= 11 is 6.07. The Balaban J connectivity index is 1.56. The summed E-state index contributed by atoms with van der Waals surface area (Å²) in [7, 11) is 0. The molecule has 3 aromatic rings. The van der Waals surface area contributed by atoms with Gasteiger partial charge in [0.1, 0.15) is 18.2 Å². The van der Waals surface area contributed by atoms with E-state index in [2.05, 4.69) is 20.6 Å². The molecule has 3 amide bonds. The molecule has 36 heavy (non-hydrogen) atoms. The number of fused-ring (bicyclic) bond motifs is 1. The van der Waals surface area contributed by atoms with E-state index in [1.165, 1.54) is 17.2 Å². The Morgan fingerprint density at radius 1 is 1.08 bits per heavy atom. The number of carbonyl (C=O) groups is 3. The molecule has 2 heterocycles. The minimum atomic E-state index is -0.365. The highest BCUT2D eigenvalue weighted by Gasteiger charge is 2.24. The molecule has 2 aromatic carbocycles. The van der Waals surface area contributed by atoms with Crippen molar-refractivity contribution in [3.8, 4) is 17.0 Å². The lowest BCUT2D eigenvalue weighted by Gasteiger charge is -2.24. The maximum absolute atomic E-state index is 13.6. The second-order valence-electron chi connectivity index (χ2n) is 8.22. The topological polar surface area (TPSA) is 114 Å². The Hall–Kier alpha value is -3.98.